The zero-order valence-electron chi connectivity index (χ0n) is 29.4. The summed E-state index contributed by atoms with van der Waals surface area (Å²) in [6, 6.07) is 5.42. The molecule has 49 heavy (non-hydrogen) atoms. The second-order valence-corrected chi connectivity index (χ2v) is 13.6. The number of nitro benzene ring substituents is 1. The summed E-state index contributed by atoms with van der Waals surface area (Å²) in [6.45, 7) is 12.5. The van der Waals surface area contributed by atoms with Crippen molar-refractivity contribution in [3.63, 3.8) is 0 Å². The molecular formula is C37H51NO11. The SMILES string of the molecule is CCC(C(=O)Oc1ccc([N+](=O)[O-])cc1)C(C)C1OC1CC(C)C=CC=C(C)C1OC(=O)CC(O)CCC(C)(O)C(OC(C)=O)C=CC1C. The Labute approximate surface area is 288 Å². The van der Waals surface area contributed by atoms with Crippen molar-refractivity contribution in [3.8, 4) is 5.75 Å². The van der Waals surface area contributed by atoms with Crippen LogP contribution in [0.25, 0.3) is 0 Å². The summed E-state index contributed by atoms with van der Waals surface area (Å²) in [5.74, 6) is -1.93. The molecule has 0 spiro atoms. The van der Waals surface area contributed by atoms with Crippen LogP contribution in [0.2, 0.25) is 0 Å². The number of hydrogen-bond donors (Lipinski definition) is 2. The smallest absolute Gasteiger partial charge is 0.314 e. The molecule has 0 saturated carbocycles. The standard InChI is InChI=1S/C37H51NO11/c1-8-30(36(42)47-29-15-13-27(14-16-29)38(44)45)25(5)35-31(48-35)20-22(2)10-9-11-23(3)34-24(4)12-17-32(46-26(6)39)37(7,43)19-18-28(40)21-33(41)49-34/h9-17,22,24-25,28,30-32,34-35,40,43H,8,18-21H2,1-7H3. The number of hydrogen-bond acceptors (Lipinski definition) is 11. The van der Waals surface area contributed by atoms with Crippen LogP contribution in [-0.4, -0.2) is 69.2 Å². The third kappa shape index (κ3) is 11.9. The number of aliphatic hydroxyl groups excluding tert-OH is 1. The Hall–Kier alpha value is -3.87. The van der Waals surface area contributed by atoms with Gasteiger partial charge < -0.3 is 29.2 Å². The highest BCUT2D eigenvalue weighted by atomic mass is 16.6. The Kier molecular flexibility index (Phi) is 14.3. The number of rotatable bonds is 12. The zero-order chi connectivity index (χ0) is 36.5. The second kappa shape index (κ2) is 17.7. The van der Waals surface area contributed by atoms with Crippen molar-refractivity contribution in [1.82, 2.24) is 0 Å². The van der Waals surface area contributed by atoms with E-state index >= 15 is 0 Å². The van der Waals surface area contributed by atoms with Crippen molar-refractivity contribution < 1.29 is 48.5 Å². The first-order valence-corrected chi connectivity index (χ1v) is 16.9. The number of benzene rings is 1. The summed E-state index contributed by atoms with van der Waals surface area (Å²) < 4.78 is 22.7. The van der Waals surface area contributed by atoms with Crippen LogP contribution in [0.4, 0.5) is 5.69 Å². The highest BCUT2D eigenvalue weighted by Gasteiger charge is 2.47. The fourth-order valence-electron chi connectivity index (χ4n) is 6.18. The topological polar surface area (TPSA) is 175 Å². The lowest BCUT2D eigenvalue weighted by atomic mass is 9.86. The zero-order valence-corrected chi connectivity index (χ0v) is 29.4. The fourth-order valence-corrected chi connectivity index (χ4v) is 6.18. The predicted octanol–water partition coefficient (Wildman–Crippen LogP) is 5.79. The molecule has 0 radical (unpaired) electrons. The number of esters is 3. The Bertz CT molecular complexity index is 1400. The van der Waals surface area contributed by atoms with E-state index in [0.29, 0.717) is 6.42 Å². The molecule has 2 aliphatic rings. The van der Waals surface area contributed by atoms with Crippen LogP contribution >= 0.6 is 0 Å². The van der Waals surface area contributed by atoms with Crippen LogP contribution in [0.3, 0.4) is 0 Å². The maximum atomic E-state index is 12.9. The van der Waals surface area contributed by atoms with E-state index in [1.54, 1.807) is 12.2 Å². The average molecular weight is 686 g/mol. The molecule has 0 aliphatic carbocycles. The first-order chi connectivity index (χ1) is 23.0. The summed E-state index contributed by atoms with van der Waals surface area (Å²) in [6.07, 6.45) is 7.74. The molecule has 1 aromatic carbocycles. The van der Waals surface area contributed by atoms with Crippen LogP contribution in [0.5, 0.6) is 5.75 Å². The van der Waals surface area contributed by atoms with E-state index < -0.39 is 52.7 Å². The van der Waals surface area contributed by atoms with Crippen molar-refractivity contribution >= 4 is 23.6 Å². The molecule has 1 saturated heterocycles. The summed E-state index contributed by atoms with van der Waals surface area (Å²) in [5.41, 5.74) is -0.756. The number of aliphatic hydroxyl groups is 2. The highest BCUT2D eigenvalue weighted by molar-refractivity contribution is 5.75. The number of epoxide rings is 1. The lowest BCUT2D eigenvalue weighted by molar-refractivity contribution is -0.384. The summed E-state index contributed by atoms with van der Waals surface area (Å²) in [4.78, 5) is 47.8. The van der Waals surface area contributed by atoms with Gasteiger partial charge in [0.15, 0.2) is 0 Å². The Morgan fingerprint density at radius 2 is 1.86 bits per heavy atom. The van der Waals surface area contributed by atoms with E-state index in [4.69, 9.17) is 18.9 Å². The van der Waals surface area contributed by atoms with Crippen molar-refractivity contribution in [2.24, 2.45) is 23.7 Å². The molecule has 2 N–H and O–H groups in total. The van der Waals surface area contributed by atoms with Gasteiger partial charge in [0.25, 0.3) is 5.69 Å². The van der Waals surface area contributed by atoms with E-state index in [1.165, 1.54) is 38.1 Å². The fraction of sp³-hybridized carbons (Fsp3) is 0.595. The van der Waals surface area contributed by atoms with Gasteiger partial charge in [-0.1, -0.05) is 52.0 Å². The molecule has 270 valence electrons. The molecule has 2 heterocycles. The molecule has 10 unspecified atom stereocenters. The number of allylic oxidation sites excluding steroid dienone is 3. The quantitative estimate of drug-likeness (QED) is 0.0518. The first-order valence-electron chi connectivity index (χ1n) is 16.9. The van der Waals surface area contributed by atoms with Gasteiger partial charge in [-0.05, 0) is 75.1 Å². The minimum absolute atomic E-state index is 0.0211. The number of ether oxygens (including phenoxy) is 4. The maximum absolute atomic E-state index is 12.9. The first kappa shape index (κ1) is 39.6. The van der Waals surface area contributed by atoms with Gasteiger partial charge in [-0.3, -0.25) is 24.5 Å². The molecule has 10 atom stereocenters. The van der Waals surface area contributed by atoms with Crippen LogP contribution in [0.1, 0.15) is 80.6 Å². The van der Waals surface area contributed by atoms with E-state index in [9.17, 15) is 34.7 Å². The monoisotopic (exact) mass is 685 g/mol. The molecule has 2 aliphatic heterocycles. The Balaban J connectivity index is 1.61. The molecule has 1 aromatic rings. The van der Waals surface area contributed by atoms with Gasteiger partial charge >= 0.3 is 17.9 Å². The number of nitro groups is 1. The Morgan fingerprint density at radius 1 is 1.18 bits per heavy atom. The molecule has 0 aromatic heterocycles. The van der Waals surface area contributed by atoms with Crippen LogP contribution in [-0.2, 0) is 28.6 Å². The van der Waals surface area contributed by atoms with Crippen molar-refractivity contribution in [2.75, 3.05) is 0 Å². The number of cyclic esters (lactones) is 1. The van der Waals surface area contributed by atoms with Crippen LogP contribution < -0.4 is 4.74 Å². The third-order valence-corrected chi connectivity index (χ3v) is 9.25. The van der Waals surface area contributed by atoms with Gasteiger partial charge in [0.1, 0.15) is 23.6 Å². The molecule has 0 amide bonds. The highest BCUT2D eigenvalue weighted by Crippen LogP contribution is 2.39. The molecule has 1 fully saturated rings. The average Bonchev–Trinajstić information content (AvgIpc) is 3.79. The number of carbonyl (C=O) groups excluding carboxylic acids is 3. The van der Waals surface area contributed by atoms with E-state index in [0.717, 1.165) is 12.0 Å². The minimum Gasteiger partial charge on any atom is -0.457 e. The number of non-ortho nitro benzene ring substituents is 1. The van der Waals surface area contributed by atoms with Crippen molar-refractivity contribution in [2.45, 2.75) is 117 Å². The van der Waals surface area contributed by atoms with Gasteiger partial charge in [-0.2, -0.15) is 0 Å². The minimum atomic E-state index is -1.44. The van der Waals surface area contributed by atoms with E-state index in [2.05, 4.69) is 6.92 Å². The van der Waals surface area contributed by atoms with Crippen LogP contribution in [0.15, 0.2) is 60.2 Å². The number of carbonyl (C=O) groups is 3. The van der Waals surface area contributed by atoms with Gasteiger partial charge in [-0.25, -0.2) is 0 Å². The summed E-state index contributed by atoms with van der Waals surface area (Å²) in [7, 11) is 0. The molecular weight excluding hydrogens is 634 g/mol. The summed E-state index contributed by atoms with van der Waals surface area (Å²) in [5, 5.41) is 32.3. The Morgan fingerprint density at radius 3 is 2.47 bits per heavy atom. The lowest BCUT2D eigenvalue weighted by Crippen LogP contribution is -2.42. The maximum Gasteiger partial charge on any atom is 0.314 e. The van der Waals surface area contributed by atoms with E-state index in [-0.39, 0.29) is 60.7 Å². The van der Waals surface area contributed by atoms with Crippen LogP contribution in [0, 0.1) is 33.8 Å². The lowest BCUT2D eigenvalue weighted by Gasteiger charge is -2.32. The summed E-state index contributed by atoms with van der Waals surface area (Å²) >= 11 is 0. The second-order valence-electron chi connectivity index (χ2n) is 13.6. The van der Waals surface area contributed by atoms with Crippen molar-refractivity contribution in [3.05, 3.63) is 70.3 Å². The molecule has 12 nitrogen and oxygen atoms in total. The van der Waals surface area contributed by atoms with Gasteiger partial charge in [0, 0.05) is 25.0 Å². The largest absolute Gasteiger partial charge is 0.457 e. The third-order valence-electron chi connectivity index (χ3n) is 9.25. The number of nitrogens with zero attached hydrogens (tertiary/aromatic N) is 1. The van der Waals surface area contributed by atoms with Gasteiger partial charge in [-0.15, -0.1) is 0 Å². The predicted molar refractivity (Wildman–Crippen MR) is 181 cm³/mol. The van der Waals surface area contributed by atoms with Gasteiger partial charge in [0.05, 0.1) is 35.6 Å². The van der Waals surface area contributed by atoms with Gasteiger partial charge in [0.2, 0.25) is 0 Å². The van der Waals surface area contributed by atoms with Crippen molar-refractivity contribution in [1.29, 1.82) is 0 Å². The molecule has 0 bridgehead atoms. The molecule has 12 heteroatoms. The molecule has 3 rings (SSSR count). The van der Waals surface area contributed by atoms with E-state index in [1.807, 2.05) is 45.9 Å². The normalized spacial score (nSPS) is 29.9.